The van der Waals surface area contributed by atoms with Gasteiger partial charge in [-0.3, -0.25) is 4.79 Å². The van der Waals surface area contributed by atoms with Gasteiger partial charge in [-0.05, 0) is 37.8 Å². The summed E-state index contributed by atoms with van der Waals surface area (Å²) in [5, 5.41) is 3.61. The summed E-state index contributed by atoms with van der Waals surface area (Å²) in [6, 6.07) is 7.79. The maximum absolute atomic E-state index is 12.7. The summed E-state index contributed by atoms with van der Waals surface area (Å²) in [7, 11) is 1.68. The number of amides is 1. The minimum atomic E-state index is -0.191. The molecule has 0 bridgehead atoms. The van der Waals surface area contributed by atoms with E-state index in [4.69, 9.17) is 4.74 Å². The number of anilines is 1. The molecule has 1 fully saturated rings. The van der Waals surface area contributed by atoms with Crippen molar-refractivity contribution in [2.24, 2.45) is 0 Å². The van der Waals surface area contributed by atoms with Crippen LogP contribution in [0.25, 0.3) is 0 Å². The fraction of sp³-hybridized carbons (Fsp3) is 0.533. The first kappa shape index (κ1) is 12.5. The van der Waals surface area contributed by atoms with E-state index in [1.165, 1.54) is 12.8 Å². The van der Waals surface area contributed by atoms with E-state index in [2.05, 4.69) is 5.32 Å². The van der Waals surface area contributed by atoms with Crippen LogP contribution >= 0.6 is 0 Å². The number of carbonyl (C=O) groups excluding carboxylic acids is 1. The summed E-state index contributed by atoms with van der Waals surface area (Å²) in [5.41, 5.74) is 1.56. The maximum atomic E-state index is 12.7. The lowest BCUT2D eigenvalue weighted by Gasteiger charge is -2.46. The van der Waals surface area contributed by atoms with Gasteiger partial charge >= 0.3 is 0 Å². The Hall–Kier alpha value is -1.55. The van der Waals surface area contributed by atoms with Gasteiger partial charge < -0.3 is 15.0 Å². The molecular weight excluding hydrogens is 240 g/mol. The Morgan fingerprint density at radius 2 is 2.05 bits per heavy atom. The molecule has 19 heavy (non-hydrogen) atoms. The largest absolute Gasteiger partial charge is 0.383 e. The first-order valence-electron chi connectivity index (χ1n) is 6.95. The van der Waals surface area contributed by atoms with Gasteiger partial charge in [0.05, 0.1) is 12.2 Å². The molecule has 4 heteroatoms. The van der Waals surface area contributed by atoms with Crippen molar-refractivity contribution in [3.63, 3.8) is 0 Å². The summed E-state index contributed by atoms with van der Waals surface area (Å²) in [6.45, 7) is 1.23. The Kier molecular flexibility index (Phi) is 3.19. The molecule has 1 aromatic rings. The molecule has 1 aliphatic carbocycles. The van der Waals surface area contributed by atoms with Crippen molar-refractivity contribution in [1.29, 1.82) is 0 Å². The normalized spacial score (nSPS) is 20.5. The maximum Gasteiger partial charge on any atom is 0.257 e. The summed E-state index contributed by atoms with van der Waals surface area (Å²) in [5.74, 6) is 0.133. The fourth-order valence-electron chi connectivity index (χ4n) is 3.29. The van der Waals surface area contributed by atoms with Crippen molar-refractivity contribution < 1.29 is 9.53 Å². The monoisotopic (exact) mass is 260 g/mol. The van der Waals surface area contributed by atoms with Gasteiger partial charge in [0, 0.05) is 19.3 Å². The van der Waals surface area contributed by atoms with Gasteiger partial charge in [0.2, 0.25) is 0 Å². The molecule has 1 heterocycles. The predicted octanol–water partition coefficient (Wildman–Crippen LogP) is 2.47. The Bertz CT molecular complexity index is 481. The van der Waals surface area contributed by atoms with Crippen LogP contribution in [0.1, 0.15) is 36.0 Å². The van der Waals surface area contributed by atoms with Crippen molar-refractivity contribution in [2.45, 2.75) is 31.3 Å². The zero-order valence-corrected chi connectivity index (χ0v) is 11.3. The molecule has 1 amide bonds. The Morgan fingerprint density at radius 1 is 1.32 bits per heavy atom. The zero-order valence-electron chi connectivity index (χ0n) is 11.3. The molecule has 0 unspecified atom stereocenters. The number of hydrogen-bond donors (Lipinski definition) is 1. The fourth-order valence-corrected chi connectivity index (χ4v) is 3.29. The molecule has 0 saturated heterocycles. The van der Waals surface area contributed by atoms with Crippen LogP contribution in [0, 0.1) is 0 Å². The van der Waals surface area contributed by atoms with E-state index < -0.39 is 0 Å². The standard InChI is InChI=1S/C15H20N2O2/c1-19-11-10-17-14(18)12-6-2-3-7-13(12)16-15(17)8-4-5-9-15/h2-3,6-7,16H,4-5,8-11H2,1H3. The number of nitrogens with zero attached hydrogens (tertiary/aromatic N) is 1. The molecule has 1 aromatic carbocycles. The summed E-state index contributed by atoms with van der Waals surface area (Å²) in [6.07, 6.45) is 4.39. The number of ether oxygens (including phenoxy) is 1. The first-order chi connectivity index (χ1) is 9.27. The number of methoxy groups -OCH3 is 1. The van der Waals surface area contributed by atoms with E-state index >= 15 is 0 Å². The molecule has 1 aliphatic heterocycles. The molecule has 4 nitrogen and oxygen atoms in total. The van der Waals surface area contributed by atoms with Crippen LogP contribution in [0.4, 0.5) is 5.69 Å². The Labute approximate surface area is 113 Å². The number of fused-ring (bicyclic) bond motifs is 1. The molecule has 3 rings (SSSR count). The minimum absolute atomic E-state index is 0.133. The molecule has 2 aliphatic rings. The average molecular weight is 260 g/mol. The quantitative estimate of drug-likeness (QED) is 0.907. The number of hydrogen-bond acceptors (Lipinski definition) is 3. The minimum Gasteiger partial charge on any atom is -0.383 e. The molecular formula is C15H20N2O2. The molecule has 1 spiro atoms. The van der Waals surface area contributed by atoms with Crippen molar-refractivity contribution in [2.75, 3.05) is 25.6 Å². The van der Waals surface area contributed by atoms with Crippen LogP contribution in [0.3, 0.4) is 0 Å². The molecule has 0 atom stereocenters. The van der Waals surface area contributed by atoms with Crippen LogP contribution in [0.5, 0.6) is 0 Å². The van der Waals surface area contributed by atoms with Crippen LogP contribution in [0.2, 0.25) is 0 Å². The van der Waals surface area contributed by atoms with Crippen molar-refractivity contribution >= 4 is 11.6 Å². The molecule has 102 valence electrons. The van der Waals surface area contributed by atoms with Crippen molar-refractivity contribution in [3.8, 4) is 0 Å². The molecule has 1 saturated carbocycles. The second kappa shape index (κ2) is 4.85. The van der Waals surface area contributed by atoms with Gasteiger partial charge in [0.15, 0.2) is 0 Å². The van der Waals surface area contributed by atoms with E-state index in [0.717, 1.165) is 24.1 Å². The van der Waals surface area contributed by atoms with Gasteiger partial charge in [0.1, 0.15) is 5.66 Å². The second-order valence-electron chi connectivity index (χ2n) is 5.36. The number of nitrogens with one attached hydrogen (secondary N) is 1. The molecule has 0 aromatic heterocycles. The average Bonchev–Trinajstić information content (AvgIpc) is 2.88. The number of rotatable bonds is 3. The number of para-hydroxylation sites is 1. The van der Waals surface area contributed by atoms with Gasteiger partial charge in [-0.1, -0.05) is 12.1 Å². The van der Waals surface area contributed by atoms with E-state index in [1.54, 1.807) is 7.11 Å². The highest BCUT2D eigenvalue weighted by Crippen LogP contribution is 2.41. The lowest BCUT2D eigenvalue weighted by atomic mass is 9.98. The second-order valence-corrected chi connectivity index (χ2v) is 5.36. The van der Waals surface area contributed by atoms with E-state index in [-0.39, 0.29) is 11.6 Å². The summed E-state index contributed by atoms with van der Waals surface area (Å²) < 4.78 is 5.16. The highest BCUT2D eigenvalue weighted by molar-refractivity contribution is 6.02. The first-order valence-corrected chi connectivity index (χ1v) is 6.95. The van der Waals surface area contributed by atoms with E-state index in [9.17, 15) is 4.79 Å². The molecule has 1 N–H and O–H groups in total. The molecule has 0 radical (unpaired) electrons. The van der Waals surface area contributed by atoms with Crippen LogP contribution in [-0.4, -0.2) is 36.7 Å². The lowest BCUT2D eigenvalue weighted by Crippen LogP contribution is -2.59. The zero-order chi connectivity index (χ0) is 13.3. The Morgan fingerprint density at radius 3 is 2.79 bits per heavy atom. The topological polar surface area (TPSA) is 41.6 Å². The van der Waals surface area contributed by atoms with Crippen LogP contribution in [-0.2, 0) is 4.74 Å². The van der Waals surface area contributed by atoms with Gasteiger partial charge in [-0.2, -0.15) is 0 Å². The third-order valence-electron chi connectivity index (χ3n) is 4.24. The lowest BCUT2D eigenvalue weighted by molar-refractivity contribution is 0.0418. The SMILES string of the molecule is COCCN1C(=O)c2ccccc2NC12CCCC2. The third kappa shape index (κ3) is 2.00. The predicted molar refractivity (Wildman–Crippen MR) is 74.2 cm³/mol. The smallest absolute Gasteiger partial charge is 0.257 e. The third-order valence-corrected chi connectivity index (χ3v) is 4.24. The number of carbonyl (C=O) groups is 1. The highest BCUT2D eigenvalue weighted by atomic mass is 16.5. The van der Waals surface area contributed by atoms with E-state index in [1.807, 2.05) is 29.2 Å². The van der Waals surface area contributed by atoms with Crippen molar-refractivity contribution in [1.82, 2.24) is 4.90 Å². The summed E-state index contributed by atoms with van der Waals surface area (Å²) >= 11 is 0. The highest BCUT2D eigenvalue weighted by Gasteiger charge is 2.45. The Balaban J connectivity index is 1.98. The van der Waals surface area contributed by atoms with E-state index in [0.29, 0.717) is 13.2 Å². The number of benzene rings is 1. The van der Waals surface area contributed by atoms with Crippen molar-refractivity contribution in [3.05, 3.63) is 29.8 Å². The van der Waals surface area contributed by atoms with Crippen LogP contribution < -0.4 is 5.32 Å². The van der Waals surface area contributed by atoms with Crippen LogP contribution in [0.15, 0.2) is 24.3 Å². The van der Waals surface area contributed by atoms with Gasteiger partial charge in [-0.25, -0.2) is 0 Å². The van der Waals surface area contributed by atoms with Gasteiger partial charge in [-0.15, -0.1) is 0 Å². The van der Waals surface area contributed by atoms with Gasteiger partial charge in [0.25, 0.3) is 5.91 Å². The summed E-state index contributed by atoms with van der Waals surface area (Å²) in [4.78, 5) is 14.7.